The monoisotopic (exact) mass is 234 g/mol. The van der Waals surface area contributed by atoms with Crippen molar-refractivity contribution in [1.82, 2.24) is 4.90 Å². The van der Waals surface area contributed by atoms with Crippen LogP contribution in [0.15, 0.2) is 30.3 Å². The molecule has 0 spiro atoms. The van der Waals surface area contributed by atoms with Gasteiger partial charge in [0.15, 0.2) is 0 Å². The van der Waals surface area contributed by atoms with Crippen molar-refractivity contribution >= 4 is 0 Å². The SMILES string of the molecule is COC1(CCN)CCN(Cc2ccccc2)C1. The highest BCUT2D eigenvalue weighted by molar-refractivity contribution is 5.15. The fraction of sp³-hybridized carbons (Fsp3) is 0.571. The van der Waals surface area contributed by atoms with Gasteiger partial charge in [-0.1, -0.05) is 30.3 Å². The van der Waals surface area contributed by atoms with Gasteiger partial charge in [-0.05, 0) is 24.9 Å². The van der Waals surface area contributed by atoms with Gasteiger partial charge in [-0.25, -0.2) is 0 Å². The number of likely N-dealkylation sites (tertiary alicyclic amines) is 1. The molecule has 17 heavy (non-hydrogen) atoms. The lowest BCUT2D eigenvalue weighted by Crippen LogP contribution is -2.37. The molecular weight excluding hydrogens is 212 g/mol. The third-order valence-electron chi connectivity index (χ3n) is 3.68. The summed E-state index contributed by atoms with van der Waals surface area (Å²) in [5, 5.41) is 0. The summed E-state index contributed by atoms with van der Waals surface area (Å²) in [5.74, 6) is 0. The van der Waals surface area contributed by atoms with Crippen molar-refractivity contribution < 1.29 is 4.74 Å². The Balaban J connectivity index is 1.93. The van der Waals surface area contributed by atoms with Crippen molar-refractivity contribution in [3.63, 3.8) is 0 Å². The molecule has 94 valence electrons. The largest absolute Gasteiger partial charge is 0.377 e. The molecule has 1 unspecified atom stereocenters. The van der Waals surface area contributed by atoms with Crippen molar-refractivity contribution in [1.29, 1.82) is 0 Å². The highest BCUT2D eigenvalue weighted by Gasteiger charge is 2.37. The van der Waals surface area contributed by atoms with Crippen LogP contribution in [-0.4, -0.2) is 37.2 Å². The molecule has 1 aromatic carbocycles. The van der Waals surface area contributed by atoms with Crippen LogP contribution >= 0.6 is 0 Å². The van der Waals surface area contributed by atoms with Crippen LogP contribution in [0.5, 0.6) is 0 Å². The first-order valence-corrected chi connectivity index (χ1v) is 6.29. The number of nitrogens with two attached hydrogens (primary N) is 1. The van der Waals surface area contributed by atoms with E-state index in [-0.39, 0.29) is 5.60 Å². The smallest absolute Gasteiger partial charge is 0.0829 e. The number of nitrogens with zero attached hydrogens (tertiary/aromatic N) is 1. The predicted octanol–water partition coefficient (Wildman–Crippen LogP) is 1.63. The lowest BCUT2D eigenvalue weighted by molar-refractivity contribution is -0.00689. The van der Waals surface area contributed by atoms with Crippen LogP contribution in [0.4, 0.5) is 0 Å². The first-order valence-electron chi connectivity index (χ1n) is 6.29. The molecule has 0 saturated carbocycles. The Morgan fingerprint density at radius 3 is 2.76 bits per heavy atom. The Labute approximate surface area is 104 Å². The molecule has 0 radical (unpaired) electrons. The number of rotatable bonds is 5. The van der Waals surface area contributed by atoms with Gasteiger partial charge < -0.3 is 10.5 Å². The van der Waals surface area contributed by atoms with E-state index in [1.165, 1.54) is 5.56 Å². The first-order chi connectivity index (χ1) is 8.28. The topological polar surface area (TPSA) is 38.5 Å². The van der Waals surface area contributed by atoms with Crippen molar-refractivity contribution in [3.8, 4) is 0 Å². The minimum atomic E-state index is -0.0104. The highest BCUT2D eigenvalue weighted by Crippen LogP contribution is 2.28. The molecule has 1 saturated heterocycles. The average molecular weight is 234 g/mol. The fourth-order valence-corrected chi connectivity index (χ4v) is 2.64. The summed E-state index contributed by atoms with van der Waals surface area (Å²) >= 11 is 0. The Hall–Kier alpha value is -0.900. The van der Waals surface area contributed by atoms with Crippen molar-refractivity contribution in [3.05, 3.63) is 35.9 Å². The van der Waals surface area contributed by atoms with Gasteiger partial charge in [0.25, 0.3) is 0 Å². The molecule has 0 amide bonds. The second-order valence-electron chi connectivity index (χ2n) is 4.87. The van der Waals surface area contributed by atoms with E-state index in [1.54, 1.807) is 0 Å². The van der Waals surface area contributed by atoms with Gasteiger partial charge in [0, 0.05) is 26.7 Å². The molecule has 0 aliphatic carbocycles. The Morgan fingerprint density at radius 1 is 1.35 bits per heavy atom. The van der Waals surface area contributed by atoms with E-state index in [2.05, 4.69) is 35.2 Å². The average Bonchev–Trinajstić information content (AvgIpc) is 2.75. The van der Waals surface area contributed by atoms with Crippen LogP contribution in [0.25, 0.3) is 0 Å². The van der Waals surface area contributed by atoms with Crippen molar-refractivity contribution in [2.24, 2.45) is 5.73 Å². The lowest BCUT2D eigenvalue weighted by atomic mass is 9.99. The molecule has 0 bridgehead atoms. The van der Waals surface area contributed by atoms with Crippen LogP contribution in [0.2, 0.25) is 0 Å². The van der Waals surface area contributed by atoms with Gasteiger partial charge in [-0.3, -0.25) is 4.90 Å². The Kier molecular flexibility index (Phi) is 4.15. The first kappa shape index (κ1) is 12.6. The number of methoxy groups -OCH3 is 1. The van der Waals surface area contributed by atoms with Gasteiger partial charge in [0.2, 0.25) is 0 Å². The second kappa shape index (κ2) is 5.63. The lowest BCUT2D eigenvalue weighted by Gasteiger charge is -2.27. The summed E-state index contributed by atoms with van der Waals surface area (Å²) in [6.45, 7) is 3.81. The fourth-order valence-electron chi connectivity index (χ4n) is 2.64. The summed E-state index contributed by atoms with van der Waals surface area (Å²) in [6.07, 6.45) is 2.04. The van der Waals surface area contributed by atoms with Crippen LogP contribution < -0.4 is 5.73 Å². The van der Waals surface area contributed by atoms with Crippen LogP contribution in [0.1, 0.15) is 18.4 Å². The van der Waals surface area contributed by atoms with Gasteiger partial charge in [0.05, 0.1) is 5.60 Å². The molecule has 1 aliphatic heterocycles. The molecule has 1 aliphatic rings. The van der Waals surface area contributed by atoms with E-state index in [0.717, 1.165) is 32.5 Å². The van der Waals surface area contributed by atoms with E-state index in [4.69, 9.17) is 10.5 Å². The van der Waals surface area contributed by atoms with E-state index < -0.39 is 0 Å². The number of hydrogen-bond acceptors (Lipinski definition) is 3. The molecule has 1 heterocycles. The Bertz CT molecular complexity index is 341. The maximum atomic E-state index is 5.69. The Morgan fingerprint density at radius 2 is 2.12 bits per heavy atom. The third-order valence-corrected chi connectivity index (χ3v) is 3.68. The minimum absolute atomic E-state index is 0.0104. The standard InChI is InChI=1S/C14H22N2O/c1-17-14(7-9-15)8-10-16(12-14)11-13-5-3-2-4-6-13/h2-6H,7-12,15H2,1H3. The van der Waals surface area contributed by atoms with E-state index in [0.29, 0.717) is 6.54 Å². The van der Waals surface area contributed by atoms with E-state index >= 15 is 0 Å². The van der Waals surface area contributed by atoms with Gasteiger partial charge in [0.1, 0.15) is 0 Å². The zero-order valence-corrected chi connectivity index (χ0v) is 10.6. The maximum absolute atomic E-state index is 5.69. The molecule has 3 nitrogen and oxygen atoms in total. The molecule has 2 rings (SSSR count). The van der Waals surface area contributed by atoms with Crippen LogP contribution in [0, 0.1) is 0 Å². The molecule has 2 N–H and O–H groups in total. The third kappa shape index (κ3) is 3.06. The van der Waals surface area contributed by atoms with Crippen molar-refractivity contribution in [2.45, 2.75) is 25.0 Å². The van der Waals surface area contributed by atoms with Gasteiger partial charge in [-0.2, -0.15) is 0 Å². The van der Waals surface area contributed by atoms with Crippen LogP contribution in [-0.2, 0) is 11.3 Å². The minimum Gasteiger partial charge on any atom is -0.377 e. The molecule has 1 fully saturated rings. The number of benzene rings is 1. The van der Waals surface area contributed by atoms with Crippen LogP contribution in [0.3, 0.4) is 0 Å². The highest BCUT2D eigenvalue weighted by atomic mass is 16.5. The zero-order valence-electron chi connectivity index (χ0n) is 10.6. The molecule has 0 aromatic heterocycles. The van der Waals surface area contributed by atoms with E-state index in [1.807, 2.05) is 7.11 Å². The maximum Gasteiger partial charge on any atom is 0.0829 e. The molecule has 1 aromatic rings. The normalized spacial score (nSPS) is 25.3. The summed E-state index contributed by atoms with van der Waals surface area (Å²) in [7, 11) is 1.81. The predicted molar refractivity (Wildman–Crippen MR) is 69.7 cm³/mol. The summed E-state index contributed by atoms with van der Waals surface area (Å²) in [6, 6.07) is 10.6. The summed E-state index contributed by atoms with van der Waals surface area (Å²) in [4.78, 5) is 2.45. The number of ether oxygens (including phenoxy) is 1. The summed E-state index contributed by atoms with van der Waals surface area (Å²) in [5.41, 5.74) is 7.03. The molecule has 1 atom stereocenters. The van der Waals surface area contributed by atoms with Gasteiger partial charge in [-0.15, -0.1) is 0 Å². The quantitative estimate of drug-likeness (QED) is 0.841. The molecule has 3 heteroatoms. The zero-order chi connectivity index (χ0) is 12.1. The summed E-state index contributed by atoms with van der Waals surface area (Å²) < 4.78 is 5.69. The second-order valence-corrected chi connectivity index (χ2v) is 4.87. The molecular formula is C14H22N2O. The van der Waals surface area contributed by atoms with E-state index in [9.17, 15) is 0 Å². The van der Waals surface area contributed by atoms with Crippen molar-refractivity contribution in [2.75, 3.05) is 26.7 Å². The number of hydrogen-bond donors (Lipinski definition) is 1. The van der Waals surface area contributed by atoms with Gasteiger partial charge >= 0.3 is 0 Å².